The molecule has 2 aromatic rings. The van der Waals surface area contributed by atoms with E-state index >= 15 is 0 Å². The van der Waals surface area contributed by atoms with Gasteiger partial charge in [0.15, 0.2) is 0 Å². The molecule has 0 saturated carbocycles. The van der Waals surface area contributed by atoms with Crippen LogP contribution < -0.4 is 5.56 Å². The monoisotopic (exact) mass is 230 g/mol. The van der Waals surface area contributed by atoms with E-state index in [4.69, 9.17) is 5.11 Å². The summed E-state index contributed by atoms with van der Waals surface area (Å²) in [5, 5.41) is 8.69. The second-order valence-corrected chi connectivity index (χ2v) is 3.55. The van der Waals surface area contributed by atoms with Crippen LogP contribution in [-0.4, -0.2) is 21.0 Å². The number of carboxylic acids is 1. The van der Waals surface area contributed by atoms with Crippen molar-refractivity contribution in [3.8, 4) is 11.1 Å². The van der Waals surface area contributed by atoms with Crippen LogP contribution in [0.25, 0.3) is 11.1 Å². The summed E-state index contributed by atoms with van der Waals surface area (Å²) in [6.07, 6.45) is 4.56. The molecule has 0 bridgehead atoms. The topological polar surface area (TPSA) is 83.0 Å². The predicted molar refractivity (Wildman–Crippen MR) is 61.6 cm³/mol. The van der Waals surface area contributed by atoms with Crippen molar-refractivity contribution in [3.05, 3.63) is 52.7 Å². The zero-order chi connectivity index (χ0) is 12.3. The Morgan fingerprint density at radius 1 is 1.41 bits per heavy atom. The molecule has 0 amide bonds. The normalized spacial score (nSPS) is 10.1. The lowest BCUT2D eigenvalue weighted by atomic mass is 10.1. The first kappa shape index (κ1) is 11.1. The van der Waals surface area contributed by atoms with E-state index in [1.807, 2.05) is 6.07 Å². The number of rotatable bonds is 3. The maximum absolute atomic E-state index is 11.4. The van der Waals surface area contributed by atoms with Gasteiger partial charge in [-0.2, -0.15) is 0 Å². The molecular formula is C12H10N2O3. The molecule has 2 heterocycles. The molecule has 0 radical (unpaired) electrons. The van der Waals surface area contributed by atoms with Crippen molar-refractivity contribution in [2.24, 2.45) is 0 Å². The Morgan fingerprint density at radius 2 is 2.24 bits per heavy atom. The summed E-state index contributed by atoms with van der Waals surface area (Å²) >= 11 is 0. The highest BCUT2D eigenvalue weighted by atomic mass is 16.4. The summed E-state index contributed by atoms with van der Waals surface area (Å²) in [7, 11) is 0. The number of aliphatic carboxylic acids is 1. The van der Waals surface area contributed by atoms with Crippen LogP contribution in [-0.2, 0) is 11.2 Å². The smallest absolute Gasteiger partial charge is 0.308 e. The number of pyridine rings is 2. The molecule has 5 heteroatoms. The molecule has 0 atom stereocenters. The Hall–Kier alpha value is -2.43. The molecule has 2 N–H and O–H groups in total. The molecule has 2 aromatic heterocycles. The Kier molecular flexibility index (Phi) is 3.00. The molecule has 0 spiro atoms. The molecule has 0 aliphatic carbocycles. The first-order valence-corrected chi connectivity index (χ1v) is 5.00. The molecule has 0 aliphatic rings. The first-order chi connectivity index (χ1) is 8.16. The van der Waals surface area contributed by atoms with Crippen molar-refractivity contribution < 1.29 is 9.90 Å². The molecule has 0 fully saturated rings. The lowest BCUT2D eigenvalue weighted by Crippen LogP contribution is -2.15. The molecule has 0 unspecified atom stereocenters. The summed E-state index contributed by atoms with van der Waals surface area (Å²) in [6.45, 7) is 0. The number of H-pyrrole nitrogens is 1. The third-order valence-corrected chi connectivity index (χ3v) is 2.32. The van der Waals surface area contributed by atoms with Gasteiger partial charge >= 0.3 is 5.97 Å². The van der Waals surface area contributed by atoms with Gasteiger partial charge in [0.2, 0.25) is 0 Å². The van der Waals surface area contributed by atoms with Gasteiger partial charge in [-0.25, -0.2) is 0 Å². The number of nitrogens with zero attached hydrogens (tertiary/aromatic N) is 1. The van der Waals surface area contributed by atoms with E-state index in [0.29, 0.717) is 0 Å². The van der Waals surface area contributed by atoms with Gasteiger partial charge in [0, 0.05) is 29.7 Å². The average molecular weight is 230 g/mol. The first-order valence-electron chi connectivity index (χ1n) is 5.00. The minimum Gasteiger partial charge on any atom is -0.481 e. The highest BCUT2D eigenvalue weighted by Crippen LogP contribution is 2.16. The average Bonchev–Trinajstić information content (AvgIpc) is 2.32. The number of carboxylic acid groups (broad SMARTS) is 1. The van der Waals surface area contributed by atoms with Gasteiger partial charge in [0.1, 0.15) is 0 Å². The van der Waals surface area contributed by atoms with Crippen LogP contribution >= 0.6 is 0 Å². The van der Waals surface area contributed by atoms with E-state index in [2.05, 4.69) is 9.97 Å². The Bertz CT molecular complexity index is 590. The number of carbonyl (C=O) groups is 1. The highest BCUT2D eigenvalue weighted by Gasteiger charge is 2.07. The standard InChI is InChI=1S/C12H10N2O3/c15-11(16)5-9-4-10(7-14-12(9)17)8-2-1-3-13-6-8/h1-4,6-7H,5H2,(H,14,17)(H,15,16). The summed E-state index contributed by atoms with van der Waals surface area (Å²) in [5.41, 5.74) is 1.43. The van der Waals surface area contributed by atoms with Gasteiger partial charge in [-0.05, 0) is 17.7 Å². The van der Waals surface area contributed by atoms with E-state index in [1.54, 1.807) is 30.7 Å². The third-order valence-electron chi connectivity index (χ3n) is 2.32. The van der Waals surface area contributed by atoms with Crippen LogP contribution in [0.5, 0.6) is 0 Å². The zero-order valence-electron chi connectivity index (χ0n) is 8.88. The molecule has 2 rings (SSSR count). The quantitative estimate of drug-likeness (QED) is 0.826. The van der Waals surface area contributed by atoms with Crippen molar-refractivity contribution in [3.63, 3.8) is 0 Å². The van der Waals surface area contributed by atoms with E-state index in [9.17, 15) is 9.59 Å². The molecule has 0 saturated heterocycles. The summed E-state index contributed by atoms with van der Waals surface area (Å²) in [6, 6.07) is 5.19. The predicted octanol–water partition coefficient (Wildman–Crippen LogP) is 1.06. The van der Waals surface area contributed by atoms with Crippen LogP contribution in [0.4, 0.5) is 0 Å². The fourth-order valence-corrected chi connectivity index (χ4v) is 1.53. The van der Waals surface area contributed by atoms with Gasteiger partial charge in [0.05, 0.1) is 6.42 Å². The van der Waals surface area contributed by atoms with Crippen molar-refractivity contribution in [2.45, 2.75) is 6.42 Å². The maximum Gasteiger partial charge on any atom is 0.308 e. The number of aromatic amines is 1. The van der Waals surface area contributed by atoms with Gasteiger partial charge in [0.25, 0.3) is 5.56 Å². The van der Waals surface area contributed by atoms with Crippen LogP contribution in [0.15, 0.2) is 41.6 Å². The number of aromatic nitrogens is 2. The van der Waals surface area contributed by atoms with Crippen molar-refractivity contribution in [2.75, 3.05) is 0 Å². The molecule has 86 valence electrons. The van der Waals surface area contributed by atoms with Gasteiger partial charge in [-0.3, -0.25) is 14.6 Å². The molecule has 0 aromatic carbocycles. The minimum atomic E-state index is -1.03. The number of hydrogen-bond acceptors (Lipinski definition) is 3. The summed E-state index contributed by atoms with van der Waals surface area (Å²) < 4.78 is 0. The summed E-state index contributed by atoms with van der Waals surface area (Å²) in [4.78, 5) is 28.5. The minimum absolute atomic E-state index is 0.235. The molecule has 5 nitrogen and oxygen atoms in total. The Morgan fingerprint density at radius 3 is 2.88 bits per heavy atom. The molecule has 0 aliphatic heterocycles. The maximum atomic E-state index is 11.4. The van der Waals surface area contributed by atoms with Crippen LogP contribution in [0.2, 0.25) is 0 Å². The fourth-order valence-electron chi connectivity index (χ4n) is 1.53. The Balaban J connectivity index is 2.44. The molecular weight excluding hydrogens is 220 g/mol. The lowest BCUT2D eigenvalue weighted by Gasteiger charge is -2.02. The van der Waals surface area contributed by atoms with Crippen molar-refractivity contribution >= 4 is 5.97 Å². The van der Waals surface area contributed by atoms with Gasteiger partial charge in [-0.15, -0.1) is 0 Å². The van der Waals surface area contributed by atoms with Crippen molar-refractivity contribution in [1.29, 1.82) is 0 Å². The third kappa shape index (κ3) is 2.57. The van der Waals surface area contributed by atoms with Gasteiger partial charge in [-0.1, -0.05) is 6.07 Å². The van der Waals surface area contributed by atoms with Crippen molar-refractivity contribution in [1.82, 2.24) is 9.97 Å². The van der Waals surface area contributed by atoms with Crippen LogP contribution in [0.1, 0.15) is 5.56 Å². The lowest BCUT2D eigenvalue weighted by molar-refractivity contribution is -0.136. The summed E-state index contributed by atoms with van der Waals surface area (Å²) in [5.74, 6) is -1.03. The van der Waals surface area contributed by atoms with Gasteiger partial charge < -0.3 is 10.1 Å². The van der Waals surface area contributed by atoms with Crippen LogP contribution in [0.3, 0.4) is 0 Å². The number of hydrogen-bond donors (Lipinski definition) is 2. The zero-order valence-corrected chi connectivity index (χ0v) is 8.88. The van der Waals surface area contributed by atoms with Crippen LogP contribution in [0, 0.1) is 0 Å². The molecule has 17 heavy (non-hydrogen) atoms. The highest BCUT2D eigenvalue weighted by molar-refractivity contribution is 5.71. The Labute approximate surface area is 96.8 Å². The second kappa shape index (κ2) is 4.61. The largest absolute Gasteiger partial charge is 0.481 e. The fraction of sp³-hybridized carbons (Fsp3) is 0.0833. The number of nitrogens with one attached hydrogen (secondary N) is 1. The van der Waals surface area contributed by atoms with E-state index in [-0.39, 0.29) is 17.5 Å². The van der Waals surface area contributed by atoms with E-state index in [1.165, 1.54) is 0 Å². The second-order valence-electron chi connectivity index (χ2n) is 3.55. The SMILES string of the molecule is O=C(O)Cc1cc(-c2cccnc2)c[nH]c1=O. The van der Waals surface area contributed by atoms with E-state index < -0.39 is 5.97 Å². The van der Waals surface area contributed by atoms with E-state index in [0.717, 1.165) is 11.1 Å².